The zero-order valence-electron chi connectivity index (χ0n) is 23.9. The second-order valence-corrected chi connectivity index (χ2v) is 11.6. The molecule has 41 heavy (non-hydrogen) atoms. The fourth-order valence-corrected chi connectivity index (χ4v) is 4.97. The van der Waals surface area contributed by atoms with Crippen molar-refractivity contribution in [3.63, 3.8) is 0 Å². The van der Waals surface area contributed by atoms with Crippen LogP contribution in [0.15, 0.2) is 24.3 Å². The van der Waals surface area contributed by atoms with Gasteiger partial charge in [-0.2, -0.15) is 0 Å². The predicted octanol–water partition coefficient (Wildman–Crippen LogP) is -0.0221. The number of hydrogen-bond acceptors (Lipinski definition) is 7. The fraction of sp³-hybridized carbons (Fsp3) is 0.577. The summed E-state index contributed by atoms with van der Waals surface area (Å²) in [5.74, 6) is -2.35. The van der Waals surface area contributed by atoms with Crippen molar-refractivity contribution in [3.05, 3.63) is 29.8 Å². The number of benzene rings is 1. The molecule has 4 atom stereocenters. The monoisotopic (exact) mass is 598 g/mol. The van der Waals surface area contributed by atoms with Crippen LogP contribution in [0.4, 0.5) is 0 Å². The van der Waals surface area contributed by atoms with Gasteiger partial charge in [0.05, 0.1) is 0 Å². The molecular weight excluding hydrogens is 558 g/mol. The third-order valence-electron chi connectivity index (χ3n) is 6.44. The Balaban J connectivity index is 2.26. The largest absolute Gasteiger partial charge is 0.524 e. The van der Waals surface area contributed by atoms with Crippen LogP contribution >= 0.6 is 7.82 Å². The lowest BCUT2D eigenvalue weighted by atomic mass is 10.0. The number of likely N-dealkylation sites (N-methyl/N-ethyl adjacent to an activating group) is 1. The maximum atomic E-state index is 13.5. The Bertz CT molecular complexity index is 1150. The number of carbonyl (C=O) groups is 5. The van der Waals surface area contributed by atoms with Crippen molar-refractivity contribution < 1.29 is 42.8 Å². The Morgan fingerprint density at radius 2 is 1.63 bits per heavy atom. The second-order valence-electron chi connectivity index (χ2n) is 10.4. The minimum atomic E-state index is -4.76. The standard InChI is InChI=1S/C26H40N5O9P/c1-15(2)13-21(29-17(4)32)26(36)31-12-6-7-22(31)25(35)30-20(24(34)28-16(3)23(33)27-5)14-18-8-10-19(11-9-18)40-41(37,38)39/h8-11,15-16,20-22H,6-7,12-14H2,1-5H3,(H,27,33)(H,28,34)(H,29,32)(H,30,35)(H2,37,38,39)/t16-,20-,21-,22-/m0/s1/i41+1. The molecule has 0 saturated carbocycles. The first-order chi connectivity index (χ1) is 19.1. The number of rotatable bonds is 13. The maximum Gasteiger partial charge on any atom is 0.524 e. The first-order valence-corrected chi connectivity index (χ1v) is 14.9. The first-order valence-electron chi connectivity index (χ1n) is 13.3. The van der Waals surface area contributed by atoms with E-state index in [1.807, 2.05) is 13.8 Å². The topological polar surface area (TPSA) is 203 Å². The van der Waals surface area contributed by atoms with Crippen molar-refractivity contribution in [1.82, 2.24) is 26.2 Å². The van der Waals surface area contributed by atoms with Gasteiger partial charge >= 0.3 is 7.82 Å². The van der Waals surface area contributed by atoms with Crippen LogP contribution in [0.25, 0.3) is 0 Å². The number of nitrogens with one attached hydrogen (secondary N) is 4. The van der Waals surface area contributed by atoms with E-state index in [4.69, 9.17) is 9.79 Å². The van der Waals surface area contributed by atoms with E-state index >= 15 is 0 Å². The molecule has 1 fully saturated rings. The molecule has 1 aromatic carbocycles. The Labute approximate surface area is 239 Å². The van der Waals surface area contributed by atoms with Crippen molar-refractivity contribution >= 4 is 37.4 Å². The van der Waals surface area contributed by atoms with Gasteiger partial charge in [-0.25, -0.2) is 4.57 Å². The summed E-state index contributed by atoms with van der Waals surface area (Å²) in [6.45, 7) is 6.96. The lowest BCUT2D eigenvalue weighted by Gasteiger charge is -2.30. The van der Waals surface area contributed by atoms with Gasteiger partial charge in [-0.3, -0.25) is 33.8 Å². The summed E-state index contributed by atoms with van der Waals surface area (Å²) in [5, 5.41) is 10.4. The molecule has 0 radical (unpaired) electrons. The lowest BCUT2D eigenvalue weighted by Crippen LogP contribution is -2.58. The molecule has 228 valence electrons. The molecule has 0 aliphatic carbocycles. The summed E-state index contributed by atoms with van der Waals surface area (Å²) >= 11 is 0. The fourth-order valence-electron chi connectivity index (χ4n) is 4.57. The number of likely N-dealkylation sites (tertiary alicyclic amines) is 1. The third-order valence-corrected chi connectivity index (χ3v) is 6.89. The minimum Gasteiger partial charge on any atom is -0.404 e. The van der Waals surface area contributed by atoms with Crippen LogP contribution in [0.5, 0.6) is 5.75 Å². The van der Waals surface area contributed by atoms with Crippen LogP contribution in [0.3, 0.4) is 0 Å². The molecule has 1 aliphatic heterocycles. The molecule has 6 N–H and O–H groups in total. The zero-order valence-corrected chi connectivity index (χ0v) is 24.8. The summed E-state index contributed by atoms with van der Waals surface area (Å²) in [4.78, 5) is 83.1. The molecule has 0 unspecified atom stereocenters. The quantitative estimate of drug-likeness (QED) is 0.169. The number of phosphoric acid groups is 1. The van der Waals surface area contributed by atoms with Gasteiger partial charge in [0.25, 0.3) is 0 Å². The van der Waals surface area contributed by atoms with E-state index in [1.54, 1.807) is 0 Å². The molecule has 15 heteroatoms. The number of amides is 5. The normalized spacial score (nSPS) is 17.3. The van der Waals surface area contributed by atoms with Crippen LogP contribution in [0, 0.1) is 5.92 Å². The minimum absolute atomic E-state index is 0.0310. The molecule has 14 nitrogen and oxygen atoms in total. The Kier molecular flexibility index (Phi) is 12.3. The van der Waals surface area contributed by atoms with E-state index < -0.39 is 49.7 Å². The average Bonchev–Trinajstić information content (AvgIpc) is 3.36. The van der Waals surface area contributed by atoms with Gasteiger partial charge in [-0.1, -0.05) is 26.0 Å². The van der Waals surface area contributed by atoms with Gasteiger partial charge in [0.2, 0.25) is 29.5 Å². The van der Waals surface area contributed by atoms with Gasteiger partial charge in [-0.15, -0.1) is 0 Å². The Morgan fingerprint density at radius 3 is 2.17 bits per heavy atom. The highest BCUT2D eigenvalue weighted by Gasteiger charge is 2.39. The van der Waals surface area contributed by atoms with E-state index in [1.165, 1.54) is 50.1 Å². The molecule has 5 amide bonds. The van der Waals surface area contributed by atoms with Crippen LogP contribution in [0.1, 0.15) is 52.5 Å². The first kappa shape index (κ1) is 33.7. The van der Waals surface area contributed by atoms with E-state index in [0.717, 1.165) is 0 Å². The molecule has 2 rings (SSSR count). The van der Waals surface area contributed by atoms with Gasteiger partial charge in [0.1, 0.15) is 29.9 Å². The molecule has 0 spiro atoms. The summed E-state index contributed by atoms with van der Waals surface area (Å²) in [5.41, 5.74) is 0.526. The van der Waals surface area contributed by atoms with Crippen molar-refractivity contribution in [1.29, 1.82) is 0 Å². The smallest absolute Gasteiger partial charge is 0.404 e. The molecular formula is C26H40N5O9P. The number of hydrogen-bond donors (Lipinski definition) is 6. The van der Waals surface area contributed by atoms with Crippen molar-refractivity contribution in [2.24, 2.45) is 5.92 Å². The van der Waals surface area contributed by atoms with Gasteiger partial charge in [0.15, 0.2) is 0 Å². The third kappa shape index (κ3) is 10.8. The highest BCUT2D eigenvalue weighted by atomic mass is 32.2. The van der Waals surface area contributed by atoms with Crippen LogP contribution in [-0.2, 0) is 35.0 Å². The molecule has 1 heterocycles. The predicted molar refractivity (Wildman–Crippen MR) is 148 cm³/mol. The highest BCUT2D eigenvalue weighted by Crippen LogP contribution is 2.37. The van der Waals surface area contributed by atoms with Gasteiger partial charge < -0.3 is 30.7 Å². The van der Waals surface area contributed by atoms with Crippen molar-refractivity contribution in [2.75, 3.05) is 13.6 Å². The second kappa shape index (κ2) is 14.9. The summed E-state index contributed by atoms with van der Waals surface area (Å²) < 4.78 is 15.6. The molecule has 1 aromatic rings. The molecule has 1 aliphatic rings. The van der Waals surface area contributed by atoms with Crippen molar-refractivity contribution in [3.8, 4) is 5.75 Å². The van der Waals surface area contributed by atoms with E-state index in [-0.39, 0.29) is 29.9 Å². The summed E-state index contributed by atoms with van der Waals surface area (Å²) in [6, 6.07) is 1.88. The molecule has 1 saturated heterocycles. The van der Waals surface area contributed by atoms with Crippen LogP contribution in [0.2, 0.25) is 0 Å². The lowest BCUT2D eigenvalue weighted by molar-refractivity contribution is -0.142. The van der Waals surface area contributed by atoms with Gasteiger partial charge in [-0.05, 0) is 49.8 Å². The number of phosphoric ester groups is 1. The maximum absolute atomic E-state index is 13.5. The Morgan fingerprint density at radius 1 is 1.00 bits per heavy atom. The SMILES string of the molecule is CNC(=O)[C@H](C)NC(=O)[C@H](Cc1ccc(O[32P](=O)(O)O)cc1)NC(=O)[C@@H]1CCCN1C(=O)[C@H](CC(C)C)NC(C)=O. The molecule has 0 bridgehead atoms. The summed E-state index contributed by atoms with van der Waals surface area (Å²) in [6.07, 6.45) is 1.29. The van der Waals surface area contributed by atoms with Crippen LogP contribution < -0.4 is 25.8 Å². The highest BCUT2D eigenvalue weighted by molar-refractivity contribution is 7.46. The Hall–Kier alpha value is -3.48. The average molecular weight is 599 g/mol. The van der Waals surface area contributed by atoms with E-state index in [9.17, 15) is 28.5 Å². The molecule has 0 aromatic heterocycles. The zero-order chi connectivity index (χ0) is 30.9. The number of nitrogens with zero attached hydrogens (tertiary/aromatic N) is 1. The van der Waals surface area contributed by atoms with Crippen molar-refractivity contribution in [2.45, 2.75) is 77.5 Å². The van der Waals surface area contributed by atoms with Crippen LogP contribution in [-0.4, -0.2) is 82.0 Å². The van der Waals surface area contributed by atoms with E-state index in [0.29, 0.717) is 31.4 Å². The van der Waals surface area contributed by atoms with Gasteiger partial charge in [0, 0.05) is 26.9 Å². The van der Waals surface area contributed by atoms with E-state index in [2.05, 4.69) is 25.8 Å². The summed E-state index contributed by atoms with van der Waals surface area (Å²) in [7, 11) is -3.34. The number of carbonyl (C=O) groups excluding carboxylic acids is 5.